The molecule has 0 aromatic carbocycles. The molecule has 0 N–H and O–H groups in total. The Labute approximate surface area is 94.9 Å². The van der Waals surface area contributed by atoms with Gasteiger partial charge >= 0.3 is 0 Å². The van der Waals surface area contributed by atoms with Crippen molar-refractivity contribution in [3.05, 3.63) is 25.3 Å². The zero-order valence-corrected chi connectivity index (χ0v) is 9.96. The first kappa shape index (κ1) is 12.5. The quantitative estimate of drug-likeness (QED) is 0.576. The number of allylic oxidation sites excluding steroid dienone is 2. The van der Waals surface area contributed by atoms with Gasteiger partial charge < -0.3 is 4.90 Å². The average molecular weight is 207 g/mol. The molecule has 0 aromatic heterocycles. The van der Waals surface area contributed by atoms with Crippen molar-refractivity contribution in [3.63, 3.8) is 0 Å². The van der Waals surface area contributed by atoms with Crippen molar-refractivity contribution in [3.8, 4) is 0 Å². The number of nitrogens with zero attached hydrogens (tertiary/aromatic N) is 1. The van der Waals surface area contributed by atoms with Gasteiger partial charge in [-0.05, 0) is 57.7 Å². The van der Waals surface area contributed by atoms with Gasteiger partial charge in [-0.2, -0.15) is 0 Å². The molecule has 1 rings (SSSR count). The van der Waals surface area contributed by atoms with Crippen molar-refractivity contribution in [2.45, 2.75) is 38.5 Å². The number of piperidine rings is 1. The smallest absolute Gasteiger partial charge is 0.00185 e. The predicted molar refractivity (Wildman–Crippen MR) is 68.0 cm³/mol. The third-order valence-corrected chi connectivity index (χ3v) is 3.30. The molecule has 0 spiro atoms. The lowest BCUT2D eigenvalue weighted by Gasteiger charge is -2.26. The van der Waals surface area contributed by atoms with Crippen LogP contribution in [0.2, 0.25) is 0 Å². The van der Waals surface area contributed by atoms with Crippen LogP contribution in [0.5, 0.6) is 0 Å². The highest BCUT2D eigenvalue weighted by Crippen LogP contribution is 2.15. The molecule has 0 saturated carbocycles. The monoisotopic (exact) mass is 207 g/mol. The lowest BCUT2D eigenvalue weighted by molar-refractivity contribution is 0.222. The Morgan fingerprint density at radius 1 is 1.13 bits per heavy atom. The van der Waals surface area contributed by atoms with Crippen LogP contribution in [-0.2, 0) is 0 Å². The molecule has 0 bridgehead atoms. The lowest BCUT2D eigenvalue weighted by atomic mass is 9.99. The maximum Gasteiger partial charge on any atom is -0.00185 e. The molecule has 1 aliphatic rings. The summed E-state index contributed by atoms with van der Waals surface area (Å²) >= 11 is 0. The van der Waals surface area contributed by atoms with Crippen LogP contribution in [0.25, 0.3) is 0 Å². The van der Waals surface area contributed by atoms with Crippen molar-refractivity contribution < 1.29 is 0 Å². The average Bonchev–Trinajstić information content (AvgIpc) is 2.29. The van der Waals surface area contributed by atoms with E-state index in [0.717, 1.165) is 6.42 Å². The molecule has 0 radical (unpaired) electrons. The van der Waals surface area contributed by atoms with Crippen LogP contribution in [0.3, 0.4) is 0 Å². The molecule has 0 amide bonds. The Hall–Kier alpha value is -0.560. The number of hydrogen-bond donors (Lipinski definition) is 0. The van der Waals surface area contributed by atoms with Crippen LogP contribution in [0.1, 0.15) is 38.5 Å². The Balaban J connectivity index is 2.07. The second-order valence-electron chi connectivity index (χ2n) is 4.56. The van der Waals surface area contributed by atoms with Crippen molar-refractivity contribution >= 4 is 0 Å². The predicted octanol–water partition coefficient (Wildman–Crippen LogP) is 3.63. The highest BCUT2D eigenvalue weighted by atomic mass is 15.1. The first-order chi connectivity index (χ1) is 7.36. The van der Waals surface area contributed by atoms with Crippen LogP contribution in [0.15, 0.2) is 25.3 Å². The van der Waals surface area contributed by atoms with Gasteiger partial charge in [0.1, 0.15) is 0 Å². The summed E-state index contributed by atoms with van der Waals surface area (Å²) in [5.74, 6) is 0.646. The van der Waals surface area contributed by atoms with Crippen LogP contribution < -0.4 is 0 Å². The normalized spacial score (nSPS) is 19.7. The van der Waals surface area contributed by atoms with Gasteiger partial charge in [0.05, 0.1) is 0 Å². The summed E-state index contributed by atoms with van der Waals surface area (Å²) in [4.78, 5) is 2.61. The van der Waals surface area contributed by atoms with Crippen LogP contribution in [-0.4, -0.2) is 24.5 Å². The summed E-state index contributed by atoms with van der Waals surface area (Å²) < 4.78 is 0. The van der Waals surface area contributed by atoms with E-state index in [4.69, 9.17) is 0 Å². The van der Waals surface area contributed by atoms with E-state index in [1.807, 2.05) is 6.08 Å². The van der Waals surface area contributed by atoms with Gasteiger partial charge in [-0.1, -0.05) is 18.6 Å². The highest BCUT2D eigenvalue weighted by Gasteiger charge is 2.10. The van der Waals surface area contributed by atoms with Crippen LogP contribution in [0.4, 0.5) is 0 Å². The molecule has 1 atom stereocenters. The largest absolute Gasteiger partial charge is 0.303 e. The van der Waals surface area contributed by atoms with Gasteiger partial charge in [0.15, 0.2) is 0 Å². The van der Waals surface area contributed by atoms with Crippen molar-refractivity contribution in [2.75, 3.05) is 19.6 Å². The van der Waals surface area contributed by atoms with E-state index < -0.39 is 0 Å². The van der Waals surface area contributed by atoms with Gasteiger partial charge in [-0.25, -0.2) is 0 Å². The topological polar surface area (TPSA) is 3.24 Å². The summed E-state index contributed by atoms with van der Waals surface area (Å²) in [5.41, 5.74) is 0. The van der Waals surface area contributed by atoms with Gasteiger partial charge in [0, 0.05) is 0 Å². The highest BCUT2D eigenvalue weighted by molar-refractivity contribution is 4.85. The molecule has 1 saturated heterocycles. The summed E-state index contributed by atoms with van der Waals surface area (Å²) in [6.45, 7) is 11.6. The first-order valence-corrected chi connectivity index (χ1v) is 6.32. The fourth-order valence-electron chi connectivity index (χ4n) is 2.31. The molecule has 1 heterocycles. The minimum Gasteiger partial charge on any atom is -0.303 e. The third-order valence-electron chi connectivity index (χ3n) is 3.30. The van der Waals surface area contributed by atoms with Crippen LogP contribution >= 0.6 is 0 Å². The molecule has 0 aliphatic carbocycles. The maximum atomic E-state index is 3.88. The second kappa shape index (κ2) is 7.70. The summed E-state index contributed by atoms with van der Waals surface area (Å²) in [5, 5.41) is 0. The second-order valence-corrected chi connectivity index (χ2v) is 4.56. The summed E-state index contributed by atoms with van der Waals surface area (Å²) in [6.07, 6.45) is 12.0. The van der Waals surface area contributed by atoms with E-state index in [-0.39, 0.29) is 0 Å². The van der Waals surface area contributed by atoms with E-state index >= 15 is 0 Å². The van der Waals surface area contributed by atoms with E-state index in [0.29, 0.717) is 5.92 Å². The zero-order valence-electron chi connectivity index (χ0n) is 9.96. The zero-order chi connectivity index (χ0) is 10.9. The Bertz CT molecular complexity index is 180. The number of rotatable bonds is 7. The van der Waals surface area contributed by atoms with Crippen molar-refractivity contribution in [1.82, 2.24) is 4.90 Å². The van der Waals surface area contributed by atoms with Gasteiger partial charge in [-0.15, -0.1) is 13.2 Å². The lowest BCUT2D eigenvalue weighted by Crippen LogP contribution is -2.30. The molecule has 86 valence electrons. The van der Waals surface area contributed by atoms with E-state index in [1.54, 1.807) is 0 Å². The molecule has 1 aliphatic heterocycles. The standard InChI is InChI=1S/C14H25N/c1-3-9-14(4-2)10-8-13-15-11-6-5-7-12-15/h3-4,14H,1-2,5-13H2. The molecule has 15 heavy (non-hydrogen) atoms. The van der Waals surface area contributed by atoms with Gasteiger partial charge in [0.2, 0.25) is 0 Å². The number of likely N-dealkylation sites (tertiary alicyclic amines) is 1. The van der Waals surface area contributed by atoms with E-state index in [2.05, 4.69) is 24.1 Å². The molecule has 1 heteroatoms. The fraction of sp³-hybridized carbons (Fsp3) is 0.714. The SMILES string of the molecule is C=CCC(C=C)CCCN1CCCCC1. The molecular formula is C14H25N. The molecule has 0 aromatic rings. The van der Waals surface area contributed by atoms with Crippen molar-refractivity contribution in [2.24, 2.45) is 5.92 Å². The third kappa shape index (κ3) is 5.17. The Kier molecular flexibility index (Phi) is 6.42. The first-order valence-electron chi connectivity index (χ1n) is 6.32. The summed E-state index contributed by atoms with van der Waals surface area (Å²) in [7, 11) is 0. The number of hydrogen-bond acceptors (Lipinski definition) is 1. The Morgan fingerprint density at radius 3 is 2.47 bits per heavy atom. The van der Waals surface area contributed by atoms with Crippen LogP contribution in [0, 0.1) is 5.92 Å². The maximum absolute atomic E-state index is 3.88. The molecular weight excluding hydrogens is 182 g/mol. The minimum absolute atomic E-state index is 0.646. The molecule has 1 unspecified atom stereocenters. The fourth-order valence-corrected chi connectivity index (χ4v) is 2.31. The van der Waals surface area contributed by atoms with Crippen molar-refractivity contribution in [1.29, 1.82) is 0 Å². The molecule has 1 fully saturated rings. The van der Waals surface area contributed by atoms with Gasteiger partial charge in [-0.3, -0.25) is 0 Å². The van der Waals surface area contributed by atoms with Gasteiger partial charge in [0.25, 0.3) is 0 Å². The van der Waals surface area contributed by atoms with E-state index in [9.17, 15) is 0 Å². The summed E-state index contributed by atoms with van der Waals surface area (Å²) in [6, 6.07) is 0. The minimum atomic E-state index is 0.646. The molecule has 1 nitrogen and oxygen atoms in total. The van der Waals surface area contributed by atoms with E-state index in [1.165, 1.54) is 51.7 Å². The Morgan fingerprint density at radius 2 is 1.87 bits per heavy atom.